The molecule has 0 radical (unpaired) electrons. The zero-order valence-corrected chi connectivity index (χ0v) is 16.4. The van der Waals surface area contributed by atoms with Crippen LogP contribution in [0.4, 0.5) is 11.4 Å². The molecule has 5 nitrogen and oxygen atoms in total. The van der Waals surface area contributed by atoms with E-state index in [-0.39, 0.29) is 11.8 Å². The fraction of sp³-hybridized carbons (Fsp3) is 0.545. The van der Waals surface area contributed by atoms with Crippen LogP contribution in [0.5, 0.6) is 5.75 Å². The molecule has 1 aromatic rings. The van der Waals surface area contributed by atoms with E-state index in [1.54, 1.807) is 11.0 Å². The predicted octanol–water partition coefficient (Wildman–Crippen LogP) is 4.53. The Morgan fingerprint density at radius 3 is 2.78 bits per heavy atom. The fourth-order valence-electron chi connectivity index (χ4n) is 3.90. The molecule has 146 valence electrons. The van der Waals surface area contributed by atoms with Crippen LogP contribution in [0, 0.1) is 11.3 Å². The average molecular weight is 370 g/mol. The maximum Gasteiger partial charge on any atom is 0.236 e. The summed E-state index contributed by atoms with van der Waals surface area (Å²) < 4.78 is 5.93. The summed E-state index contributed by atoms with van der Waals surface area (Å²) in [6.45, 7) is 8.24. The van der Waals surface area contributed by atoms with E-state index in [9.17, 15) is 9.59 Å². The van der Waals surface area contributed by atoms with Crippen molar-refractivity contribution in [2.45, 2.75) is 52.4 Å². The molecule has 1 heterocycles. The van der Waals surface area contributed by atoms with E-state index in [0.717, 1.165) is 18.5 Å². The number of fused-ring (bicyclic) bond motifs is 1. The van der Waals surface area contributed by atoms with E-state index in [2.05, 4.69) is 11.9 Å². The van der Waals surface area contributed by atoms with E-state index in [0.29, 0.717) is 36.9 Å². The highest BCUT2D eigenvalue weighted by molar-refractivity contribution is 6.00. The second-order valence-electron chi connectivity index (χ2n) is 8.32. The van der Waals surface area contributed by atoms with Gasteiger partial charge in [-0.05, 0) is 44.7 Å². The van der Waals surface area contributed by atoms with Gasteiger partial charge in [-0.25, -0.2) is 0 Å². The normalized spacial score (nSPS) is 19.6. The number of carbonyl (C=O) groups excluding carboxylic acids is 2. The highest BCUT2D eigenvalue weighted by Crippen LogP contribution is 2.38. The lowest BCUT2D eigenvalue weighted by molar-refractivity contribution is -0.127. The van der Waals surface area contributed by atoms with Gasteiger partial charge >= 0.3 is 0 Å². The molecule has 2 amide bonds. The first-order valence-electron chi connectivity index (χ1n) is 9.90. The summed E-state index contributed by atoms with van der Waals surface area (Å²) >= 11 is 0. The fourth-order valence-corrected chi connectivity index (χ4v) is 3.90. The van der Waals surface area contributed by atoms with Crippen molar-refractivity contribution in [2.75, 3.05) is 23.4 Å². The minimum Gasteiger partial charge on any atom is -0.490 e. The molecule has 0 aromatic heterocycles. The maximum absolute atomic E-state index is 12.8. The van der Waals surface area contributed by atoms with Crippen LogP contribution in [0.25, 0.3) is 0 Å². The number of hydrogen-bond acceptors (Lipinski definition) is 3. The molecule has 0 spiro atoms. The third-order valence-electron chi connectivity index (χ3n) is 5.46. The zero-order valence-electron chi connectivity index (χ0n) is 16.4. The molecule has 1 N–H and O–H groups in total. The van der Waals surface area contributed by atoms with Crippen LogP contribution in [0.3, 0.4) is 0 Å². The quantitative estimate of drug-likeness (QED) is 0.775. The van der Waals surface area contributed by atoms with Gasteiger partial charge in [-0.1, -0.05) is 25.3 Å². The number of rotatable bonds is 5. The minimum atomic E-state index is -0.619. The van der Waals surface area contributed by atoms with Crippen LogP contribution in [-0.2, 0) is 9.59 Å². The number of nitrogens with zero attached hydrogens (tertiary/aromatic N) is 1. The maximum atomic E-state index is 12.8. The minimum absolute atomic E-state index is 0.00948. The van der Waals surface area contributed by atoms with E-state index in [4.69, 9.17) is 4.74 Å². The van der Waals surface area contributed by atoms with Crippen molar-refractivity contribution in [2.24, 2.45) is 11.3 Å². The summed E-state index contributed by atoms with van der Waals surface area (Å²) in [5.74, 6) is 1.17. The Hall–Kier alpha value is -2.30. The van der Waals surface area contributed by atoms with Gasteiger partial charge in [-0.3, -0.25) is 9.59 Å². The van der Waals surface area contributed by atoms with Crippen molar-refractivity contribution < 1.29 is 14.3 Å². The van der Waals surface area contributed by atoms with Gasteiger partial charge in [0.05, 0.1) is 11.1 Å². The molecule has 0 unspecified atom stereocenters. The molecular weight excluding hydrogens is 340 g/mol. The lowest BCUT2D eigenvalue weighted by atomic mass is 9.87. The molecule has 1 aromatic carbocycles. The molecule has 0 atom stereocenters. The molecule has 0 bridgehead atoms. The molecule has 5 heteroatoms. The van der Waals surface area contributed by atoms with Gasteiger partial charge in [0, 0.05) is 24.7 Å². The number of amides is 2. The lowest BCUT2D eigenvalue weighted by Gasteiger charge is -2.27. The Morgan fingerprint density at radius 2 is 2.07 bits per heavy atom. The lowest BCUT2D eigenvalue weighted by Crippen LogP contribution is -2.42. The van der Waals surface area contributed by atoms with Gasteiger partial charge < -0.3 is 15.0 Å². The SMILES string of the molecule is C=CCN1C(=O)C(C)(C)COc2cc(NC(=O)CC3CCCCC3)ccc21. The first-order chi connectivity index (χ1) is 12.9. The molecule has 1 fully saturated rings. The summed E-state index contributed by atoms with van der Waals surface area (Å²) in [5.41, 5.74) is 0.808. The number of nitrogens with one attached hydrogen (secondary N) is 1. The van der Waals surface area contributed by atoms with E-state index in [1.807, 2.05) is 32.0 Å². The van der Waals surface area contributed by atoms with Gasteiger partial charge in [-0.15, -0.1) is 6.58 Å². The predicted molar refractivity (Wildman–Crippen MR) is 108 cm³/mol. The average Bonchev–Trinajstić information content (AvgIpc) is 2.73. The molecule has 27 heavy (non-hydrogen) atoms. The third-order valence-corrected chi connectivity index (χ3v) is 5.46. The van der Waals surface area contributed by atoms with Crippen LogP contribution >= 0.6 is 0 Å². The Balaban J connectivity index is 1.75. The van der Waals surface area contributed by atoms with Crippen molar-refractivity contribution in [1.29, 1.82) is 0 Å². The number of carbonyl (C=O) groups is 2. The molecule has 3 rings (SSSR count). The van der Waals surface area contributed by atoms with Crippen LogP contribution in [0.15, 0.2) is 30.9 Å². The molecule has 0 saturated heterocycles. The van der Waals surface area contributed by atoms with Gasteiger partial charge in [0.25, 0.3) is 0 Å². The first kappa shape index (κ1) is 19.5. The Bertz CT molecular complexity index is 720. The molecular formula is C22H30N2O3. The second-order valence-corrected chi connectivity index (χ2v) is 8.32. The number of benzene rings is 1. The number of ether oxygens (including phenoxy) is 1. The van der Waals surface area contributed by atoms with Crippen molar-refractivity contribution >= 4 is 23.2 Å². The zero-order chi connectivity index (χ0) is 19.4. The largest absolute Gasteiger partial charge is 0.490 e. The van der Waals surface area contributed by atoms with E-state index < -0.39 is 5.41 Å². The van der Waals surface area contributed by atoms with E-state index in [1.165, 1.54) is 19.3 Å². The van der Waals surface area contributed by atoms with Crippen LogP contribution in [0.2, 0.25) is 0 Å². The summed E-state index contributed by atoms with van der Waals surface area (Å²) in [5, 5.41) is 3.00. The highest BCUT2D eigenvalue weighted by Gasteiger charge is 2.37. The number of hydrogen-bond donors (Lipinski definition) is 1. The van der Waals surface area contributed by atoms with Crippen molar-refractivity contribution in [3.8, 4) is 5.75 Å². The number of anilines is 2. The second kappa shape index (κ2) is 8.15. The van der Waals surface area contributed by atoms with Gasteiger partial charge in [0.15, 0.2) is 0 Å². The summed E-state index contributed by atoms with van der Waals surface area (Å²) in [7, 11) is 0. The van der Waals surface area contributed by atoms with E-state index >= 15 is 0 Å². The molecule has 1 aliphatic carbocycles. The van der Waals surface area contributed by atoms with Crippen molar-refractivity contribution in [1.82, 2.24) is 0 Å². The Labute approximate surface area is 161 Å². The third kappa shape index (κ3) is 4.52. The molecule has 1 aliphatic heterocycles. The summed E-state index contributed by atoms with van der Waals surface area (Å²) in [4.78, 5) is 26.9. The van der Waals surface area contributed by atoms with Crippen LogP contribution in [-0.4, -0.2) is 25.0 Å². The van der Waals surface area contributed by atoms with Gasteiger partial charge in [0.1, 0.15) is 12.4 Å². The highest BCUT2D eigenvalue weighted by atomic mass is 16.5. The van der Waals surface area contributed by atoms with Crippen molar-refractivity contribution in [3.05, 3.63) is 30.9 Å². The monoisotopic (exact) mass is 370 g/mol. The topological polar surface area (TPSA) is 58.6 Å². The van der Waals surface area contributed by atoms with Gasteiger partial charge in [-0.2, -0.15) is 0 Å². The molecule has 1 saturated carbocycles. The van der Waals surface area contributed by atoms with Crippen molar-refractivity contribution in [3.63, 3.8) is 0 Å². The summed E-state index contributed by atoms with van der Waals surface area (Å²) in [6.07, 6.45) is 8.33. The molecule has 2 aliphatic rings. The Kier molecular flexibility index (Phi) is 5.88. The first-order valence-corrected chi connectivity index (χ1v) is 9.90. The Morgan fingerprint density at radius 1 is 1.33 bits per heavy atom. The smallest absolute Gasteiger partial charge is 0.236 e. The van der Waals surface area contributed by atoms with Crippen LogP contribution in [0.1, 0.15) is 52.4 Å². The van der Waals surface area contributed by atoms with Crippen LogP contribution < -0.4 is 15.0 Å². The standard InChI is InChI=1S/C22H30N2O3/c1-4-12-24-18-11-10-17(14-19(18)27-15-22(2,3)21(24)26)23-20(25)13-16-8-6-5-7-9-16/h4,10-11,14,16H,1,5-9,12-13,15H2,2-3H3,(H,23,25). The summed E-state index contributed by atoms with van der Waals surface area (Å²) in [6, 6.07) is 5.50. The van der Waals surface area contributed by atoms with Gasteiger partial charge in [0.2, 0.25) is 11.8 Å².